The highest BCUT2D eigenvalue weighted by Crippen LogP contribution is 2.24. The van der Waals surface area contributed by atoms with Gasteiger partial charge in [0, 0.05) is 6.92 Å². The van der Waals surface area contributed by atoms with Gasteiger partial charge >= 0.3 is 5.97 Å². The van der Waals surface area contributed by atoms with Crippen molar-refractivity contribution < 1.29 is 19.8 Å². The molecule has 0 bridgehead atoms. The van der Waals surface area contributed by atoms with Crippen LogP contribution < -0.4 is 5.48 Å². The van der Waals surface area contributed by atoms with Crippen molar-refractivity contribution in [3.63, 3.8) is 0 Å². The second-order valence-corrected chi connectivity index (χ2v) is 5.27. The lowest BCUT2D eigenvalue weighted by Crippen LogP contribution is -2.49. The third kappa shape index (κ3) is 5.05. The van der Waals surface area contributed by atoms with Crippen LogP contribution in [0.5, 0.6) is 0 Å². The summed E-state index contributed by atoms with van der Waals surface area (Å²) < 4.78 is 0. The minimum atomic E-state index is -1.54. The Kier molecular flexibility index (Phi) is 5.35. The predicted molar refractivity (Wildman–Crippen MR) is 68.3 cm³/mol. The van der Waals surface area contributed by atoms with E-state index in [0.717, 1.165) is 0 Å². The molecular weight excluding hydrogens is 234 g/mol. The minimum absolute atomic E-state index is 0.368. The van der Waals surface area contributed by atoms with Crippen LogP contribution in [0.3, 0.4) is 0 Å². The summed E-state index contributed by atoms with van der Waals surface area (Å²) in [6.07, 6.45) is 0.368. The van der Waals surface area contributed by atoms with Gasteiger partial charge in [-0.3, -0.25) is 4.79 Å². The lowest BCUT2D eigenvalue weighted by Gasteiger charge is -2.34. The van der Waals surface area contributed by atoms with Crippen molar-refractivity contribution in [2.24, 2.45) is 0 Å². The number of rotatable bonds is 4. The molecule has 0 rings (SSSR count). The molecule has 5 heteroatoms. The van der Waals surface area contributed by atoms with Gasteiger partial charge in [-0.2, -0.15) is 0 Å². The Bertz CT molecular complexity index is 361. The lowest BCUT2D eigenvalue weighted by atomic mass is 9.84. The van der Waals surface area contributed by atoms with Gasteiger partial charge < -0.3 is 15.1 Å². The molecule has 0 heterocycles. The molecule has 2 unspecified atom stereocenters. The first-order chi connectivity index (χ1) is 7.93. The van der Waals surface area contributed by atoms with Gasteiger partial charge in [0.2, 0.25) is 0 Å². The Morgan fingerprint density at radius 1 is 1.22 bits per heavy atom. The number of hydroxylamine groups is 1. The molecule has 0 aromatic carbocycles. The number of hydrogen-bond donors (Lipinski definition) is 3. The third-order valence-electron chi connectivity index (χ3n) is 2.81. The molecule has 0 saturated heterocycles. The molecule has 0 saturated carbocycles. The van der Waals surface area contributed by atoms with E-state index < -0.39 is 22.7 Å². The van der Waals surface area contributed by atoms with Crippen LogP contribution in [-0.4, -0.2) is 32.9 Å². The van der Waals surface area contributed by atoms with Crippen molar-refractivity contribution >= 4 is 5.97 Å². The van der Waals surface area contributed by atoms with Gasteiger partial charge in [0.25, 0.3) is 0 Å². The summed E-state index contributed by atoms with van der Waals surface area (Å²) in [5.41, 5.74) is -1.19. The van der Waals surface area contributed by atoms with Crippen molar-refractivity contribution in [3.05, 3.63) is 0 Å². The van der Waals surface area contributed by atoms with Crippen LogP contribution in [0.2, 0.25) is 0 Å². The second kappa shape index (κ2) is 5.70. The third-order valence-corrected chi connectivity index (χ3v) is 2.81. The number of carbonyl (C=O) groups excluding carboxylic acids is 1. The first-order valence-electron chi connectivity index (χ1n) is 5.87. The van der Waals surface area contributed by atoms with Crippen LogP contribution >= 0.6 is 0 Å². The number of nitrogens with one attached hydrogen (secondary N) is 1. The molecule has 0 spiro atoms. The van der Waals surface area contributed by atoms with Gasteiger partial charge in [-0.05, 0) is 34.1 Å². The Hall–Kier alpha value is -1.09. The maximum atomic E-state index is 10.7. The average Bonchev–Trinajstić information content (AvgIpc) is 2.24. The van der Waals surface area contributed by atoms with Crippen LogP contribution in [-0.2, 0) is 9.63 Å². The monoisotopic (exact) mass is 257 g/mol. The predicted octanol–water partition coefficient (Wildman–Crippen LogP) is 0.748. The van der Waals surface area contributed by atoms with E-state index in [1.807, 2.05) is 0 Å². The molecular formula is C13H23NO4. The molecule has 0 aliphatic rings. The van der Waals surface area contributed by atoms with E-state index >= 15 is 0 Å². The summed E-state index contributed by atoms with van der Waals surface area (Å²) in [7, 11) is 0. The van der Waals surface area contributed by atoms with E-state index in [4.69, 9.17) is 0 Å². The molecule has 0 aliphatic heterocycles. The maximum absolute atomic E-state index is 10.7. The van der Waals surface area contributed by atoms with Gasteiger partial charge in [-0.25, -0.2) is 0 Å². The highest BCUT2D eigenvalue weighted by atomic mass is 16.7. The van der Waals surface area contributed by atoms with E-state index in [1.54, 1.807) is 20.8 Å². The highest BCUT2D eigenvalue weighted by Gasteiger charge is 2.39. The summed E-state index contributed by atoms with van der Waals surface area (Å²) in [4.78, 5) is 15.3. The Labute approximate surface area is 108 Å². The van der Waals surface area contributed by atoms with Crippen LogP contribution in [0, 0.1) is 11.8 Å². The summed E-state index contributed by atoms with van der Waals surface area (Å²) in [6, 6.07) is 0. The SMILES string of the molecule is CCC(C)(O)C(C)(O)C#CC(C)(C)NOC(C)=O. The Morgan fingerprint density at radius 2 is 1.72 bits per heavy atom. The summed E-state index contributed by atoms with van der Waals surface area (Å²) in [6.45, 7) is 9.39. The molecule has 104 valence electrons. The number of hydrogen-bond acceptors (Lipinski definition) is 5. The van der Waals surface area contributed by atoms with E-state index in [1.165, 1.54) is 20.8 Å². The topological polar surface area (TPSA) is 78.8 Å². The highest BCUT2D eigenvalue weighted by molar-refractivity contribution is 5.65. The van der Waals surface area contributed by atoms with Crippen molar-refractivity contribution in [3.8, 4) is 11.8 Å². The van der Waals surface area contributed by atoms with Crippen molar-refractivity contribution in [2.45, 2.75) is 64.7 Å². The zero-order valence-corrected chi connectivity index (χ0v) is 11.9. The molecule has 18 heavy (non-hydrogen) atoms. The first-order valence-corrected chi connectivity index (χ1v) is 5.87. The summed E-state index contributed by atoms with van der Waals surface area (Å²) in [5, 5.41) is 20.1. The Morgan fingerprint density at radius 3 is 2.11 bits per heavy atom. The fraction of sp³-hybridized carbons (Fsp3) is 0.769. The fourth-order valence-electron chi connectivity index (χ4n) is 0.982. The first kappa shape index (κ1) is 16.9. The van der Waals surface area contributed by atoms with Crippen LogP contribution in [0.15, 0.2) is 0 Å². The Balaban J connectivity index is 4.88. The van der Waals surface area contributed by atoms with E-state index in [0.29, 0.717) is 6.42 Å². The van der Waals surface area contributed by atoms with E-state index in [2.05, 4.69) is 22.2 Å². The van der Waals surface area contributed by atoms with Crippen LogP contribution in [0.4, 0.5) is 0 Å². The summed E-state index contributed by atoms with van der Waals surface area (Å²) in [5.74, 6) is 4.89. The zero-order chi connectivity index (χ0) is 14.6. The standard InChI is InChI=1S/C13H23NO4/c1-7-12(5,16)13(6,17)9-8-11(3,4)14-18-10(2)15/h14,16-17H,7H2,1-6H3. The van der Waals surface area contributed by atoms with Crippen molar-refractivity contribution in [1.82, 2.24) is 5.48 Å². The van der Waals surface area contributed by atoms with Gasteiger partial charge in [0.15, 0.2) is 5.60 Å². The lowest BCUT2D eigenvalue weighted by molar-refractivity contribution is -0.151. The largest absolute Gasteiger partial charge is 0.386 e. The molecule has 0 aliphatic carbocycles. The molecule has 0 aromatic heterocycles. The van der Waals surface area contributed by atoms with Gasteiger partial charge in [-0.1, -0.05) is 18.8 Å². The molecule has 0 radical (unpaired) electrons. The average molecular weight is 257 g/mol. The molecule has 0 fully saturated rings. The van der Waals surface area contributed by atoms with Gasteiger partial charge in [0.05, 0.1) is 0 Å². The van der Waals surface area contributed by atoms with Crippen molar-refractivity contribution in [1.29, 1.82) is 0 Å². The smallest absolute Gasteiger partial charge is 0.321 e. The van der Waals surface area contributed by atoms with Crippen LogP contribution in [0.25, 0.3) is 0 Å². The van der Waals surface area contributed by atoms with Gasteiger partial charge in [-0.15, -0.1) is 5.48 Å². The fourth-order valence-corrected chi connectivity index (χ4v) is 0.982. The number of aliphatic hydroxyl groups is 2. The maximum Gasteiger partial charge on any atom is 0.321 e. The number of carbonyl (C=O) groups is 1. The van der Waals surface area contributed by atoms with Crippen molar-refractivity contribution in [2.75, 3.05) is 0 Å². The zero-order valence-electron chi connectivity index (χ0n) is 11.9. The molecule has 2 atom stereocenters. The molecule has 0 amide bonds. The van der Waals surface area contributed by atoms with Gasteiger partial charge in [0.1, 0.15) is 11.1 Å². The van der Waals surface area contributed by atoms with E-state index in [9.17, 15) is 15.0 Å². The normalized spacial score (nSPS) is 18.0. The second-order valence-electron chi connectivity index (χ2n) is 5.27. The van der Waals surface area contributed by atoms with E-state index in [-0.39, 0.29) is 0 Å². The minimum Gasteiger partial charge on any atom is -0.386 e. The van der Waals surface area contributed by atoms with Crippen LogP contribution in [0.1, 0.15) is 48.0 Å². The molecule has 0 aromatic rings. The molecule has 5 nitrogen and oxygen atoms in total. The summed E-state index contributed by atoms with van der Waals surface area (Å²) >= 11 is 0. The molecule has 3 N–H and O–H groups in total. The quantitative estimate of drug-likeness (QED) is 0.511.